The van der Waals surface area contributed by atoms with Crippen molar-refractivity contribution >= 4 is 17.4 Å². The Labute approximate surface area is 103 Å². The minimum absolute atomic E-state index is 0.592. The summed E-state index contributed by atoms with van der Waals surface area (Å²) in [5.74, 6) is 2.47. The minimum Gasteiger partial charge on any atom is -0.380 e. The van der Waals surface area contributed by atoms with Gasteiger partial charge in [-0.3, -0.25) is 0 Å². The fourth-order valence-corrected chi connectivity index (χ4v) is 3.39. The lowest BCUT2D eigenvalue weighted by Crippen LogP contribution is -2.31. The highest BCUT2D eigenvalue weighted by Crippen LogP contribution is 2.39. The van der Waals surface area contributed by atoms with E-state index in [1.807, 2.05) is 11.8 Å². The normalized spacial score (nSPS) is 19.8. The summed E-state index contributed by atoms with van der Waals surface area (Å²) in [6.45, 7) is 9.12. The third kappa shape index (κ3) is 2.22. The van der Waals surface area contributed by atoms with E-state index in [-0.39, 0.29) is 0 Å². The van der Waals surface area contributed by atoms with Crippen LogP contribution in [0.5, 0.6) is 0 Å². The van der Waals surface area contributed by atoms with Gasteiger partial charge in [-0.25, -0.2) is 0 Å². The van der Waals surface area contributed by atoms with Gasteiger partial charge in [0.05, 0.1) is 5.69 Å². The maximum atomic E-state index is 3.73. The van der Waals surface area contributed by atoms with Crippen LogP contribution in [0.1, 0.15) is 39.2 Å². The number of para-hydroxylation sites is 1. The average Bonchev–Trinajstić information content (AvgIpc) is 2.27. The molecule has 0 aromatic heterocycles. The molecule has 1 aromatic carbocycles. The van der Waals surface area contributed by atoms with Crippen molar-refractivity contribution in [2.45, 2.75) is 44.6 Å². The van der Waals surface area contributed by atoms with Gasteiger partial charge in [0.15, 0.2) is 0 Å². The molecule has 2 heteroatoms. The number of rotatable bonds is 2. The summed E-state index contributed by atoms with van der Waals surface area (Å²) in [7, 11) is 0. The van der Waals surface area contributed by atoms with Crippen molar-refractivity contribution in [3.63, 3.8) is 0 Å². The van der Waals surface area contributed by atoms with E-state index in [2.05, 4.69) is 51.2 Å². The number of fused-ring (bicyclic) bond motifs is 1. The van der Waals surface area contributed by atoms with Crippen LogP contribution in [0.15, 0.2) is 23.1 Å². The lowest BCUT2D eigenvalue weighted by atomic mass is 9.99. The molecule has 1 aliphatic heterocycles. The van der Waals surface area contributed by atoms with Crippen LogP contribution in [0.4, 0.5) is 5.69 Å². The third-order valence-electron chi connectivity index (χ3n) is 3.23. The van der Waals surface area contributed by atoms with Gasteiger partial charge in [0.1, 0.15) is 0 Å². The summed E-state index contributed by atoms with van der Waals surface area (Å²) in [5, 5.41) is 3.73. The van der Waals surface area contributed by atoms with Gasteiger partial charge in [-0.15, -0.1) is 11.8 Å². The van der Waals surface area contributed by atoms with E-state index in [4.69, 9.17) is 0 Å². The molecule has 1 heterocycles. The summed E-state index contributed by atoms with van der Waals surface area (Å²) in [6.07, 6.45) is 0. The number of anilines is 1. The quantitative estimate of drug-likeness (QED) is 0.817. The molecular weight excluding hydrogens is 214 g/mol. The monoisotopic (exact) mass is 235 g/mol. The summed E-state index contributed by atoms with van der Waals surface area (Å²) in [4.78, 5) is 1.42. The second-order valence-electron chi connectivity index (χ2n) is 5.18. The summed E-state index contributed by atoms with van der Waals surface area (Å²) < 4.78 is 0. The Hall–Kier alpha value is -0.630. The SMILES string of the molecule is CC(C)c1cccc2c1NC(C(C)C)CS2. The van der Waals surface area contributed by atoms with E-state index in [0.29, 0.717) is 17.9 Å². The molecule has 0 bridgehead atoms. The van der Waals surface area contributed by atoms with Crippen LogP contribution >= 0.6 is 11.8 Å². The van der Waals surface area contributed by atoms with Crippen LogP contribution in [0, 0.1) is 5.92 Å². The Morgan fingerprint density at radius 3 is 2.62 bits per heavy atom. The van der Waals surface area contributed by atoms with E-state index >= 15 is 0 Å². The predicted octanol–water partition coefficient (Wildman–Crippen LogP) is 4.35. The fraction of sp³-hybridized carbons (Fsp3) is 0.571. The second kappa shape index (κ2) is 4.70. The van der Waals surface area contributed by atoms with Gasteiger partial charge < -0.3 is 5.32 Å². The number of hydrogen-bond acceptors (Lipinski definition) is 2. The average molecular weight is 235 g/mol. The maximum absolute atomic E-state index is 3.73. The van der Waals surface area contributed by atoms with Crippen LogP contribution in [-0.2, 0) is 0 Å². The standard InChI is InChI=1S/C14H21NS/c1-9(2)11-6-5-7-13-14(11)15-12(8-16-13)10(3)4/h5-7,9-10,12,15H,8H2,1-4H3. The predicted molar refractivity (Wildman–Crippen MR) is 73.5 cm³/mol. The third-order valence-corrected chi connectivity index (χ3v) is 4.41. The van der Waals surface area contributed by atoms with E-state index in [9.17, 15) is 0 Å². The highest BCUT2D eigenvalue weighted by atomic mass is 32.2. The molecule has 1 aromatic rings. The van der Waals surface area contributed by atoms with Gasteiger partial charge in [-0.2, -0.15) is 0 Å². The van der Waals surface area contributed by atoms with Gasteiger partial charge in [-0.05, 0) is 23.5 Å². The zero-order valence-corrected chi connectivity index (χ0v) is 11.4. The molecule has 0 radical (unpaired) electrons. The molecule has 88 valence electrons. The molecule has 1 atom stereocenters. The van der Waals surface area contributed by atoms with Crippen LogP contribution < -0.4 is 5.32 Å². The van der Waals surface area contributed by atoms with Gasteiger partial charge in [0.25, 0.3) is 0 Å². The highest BCUT2D eigenvalue weighted by Gasteiger charge is 2.23. The van der Waals surface area contributed by atoms with Gasteiger partial charge >= 0.3 is 0 Å². The lowest BCUT2D eigenvalue weighted by Gasteiger charge is -2.31. The molecule has 0 saturated heterocycles. The van der Waals surface area contributed by atoms with Crippen molar-refractivity contribution in [2.75, 3.05) is 11.1 Å². The van der Waals surface area contributed by atoms with Crippen molar-refractivity contribution in [1.29, 1.82) is 0 Å². The minimum atomic E-state index is 0.592. The first-order valence-corrected chi connectivity index (χ1v) is 7.10. The van der Waals surface area contributed by atoms with Crippen molar-refractivity contribution in [3.8, 4) is 0 Å². The molecule has 1 nitrogen and oxygen atoms in total. The molecule has 1 unspecified atom stereocenters. The Bertz CT molecular complexity index is 371. The Morgan fingerprint density at radius 2 is 2.00 bits per heavy atom. The first-order valence-electron chi connectivity index (χ1n) is 6.12. The van der Waals surface area contributed by atoms with E-state index in [1.54, 1.807) is 0 Å². The second-order valence-corrected chi connectivity index (χ2v) is 6.24. The van der Waals surface area contributed by atoms with E-state index in [1.165, 1.54) is 21.9 Å². The zero-order chi connectivity index (χ0) is 11.7. The van der Waals surface area contributed by atoms with Crippen molar-refractivity contribution in [3.05, 3.63) is 23.8 Å². The lowest BCUT2D eigenvalue weighted by molar-refractivity contribution is 0.561. The number of thioether (sulfide) groups is 1. The maximum Gasteiger partial charge on any atom is 0.0516 e. The Balaban J connectivity index is 2.34. The van der Waals surface area contributed by atoms with Crippen LogP contribution in [0.25, 0.3) is 0 Å². The van der Waals surface area contributed by atoms with E-state index < -0.39 is 0 Å². The smallest absolute Gasteiger partial charge is 0.0516 e. The van der Waals surface area contributed by atoms with Gasteiger partial charge in [0.2, 0.25) is 0 Å². The molecule has 16 heavy (non-hydrogen) atoms. The molecule has 1 N–H and O–H groups in total. The molecule has 0 fully saturated rings. The molecule has 0 saturated carbocycles. The summed E-state index contributed by atoms with van der Waals surface area (Å²) in [5.41, 5.74) is 2.84. The van der Waals surface area contributed by atoms with Crippen molar-refractivity contribution < 1.29 is 0 Å². The van der Waals surface area contributed by atoms with Crippen LogP contribution in [-0.4, -0.2) is 11.8 Å². The zero-order valence-electron chi connectivity index (χ0n) is 10.6. The molecule has 0 spiro atoms. The molecule has 0 amide bonds. The number of hydrogen-bond donors (Lipinski definition) is 1. The molecule has 0 aliphatic carbocycles. The Kier molecular flexibility index (Phi) is 3.48. The number of benzene rings is 1. The highest BCUT2D eigenvalue weighted by molar-refractivity contribution is 7.99. The van der Waals surface area contributed by atoms with Crippen molar-refractivity contribution in [2.24, 2.45) is 5.92 Å². The molecule has 2 rings (SSSR count). The van der Waals surface area contributed by atoms with Crippen LogP contribution in [0.2, 0.25) is 0 Å². The molecular formula is C14H21NS. The largest absolute Gasteiger partial charge is 0.380 e. The van der Waals surface area contributed by atoms with Crippen molar-refractivity contribution in [1.82, 2.24) is 0 Å². The summed E-state index contributed by atoms with van der Waals surface area (Å²) in [6, 6.07) is 7.27. The first kappa shape index (κ1) is 11.8. The van der Waals surface area contributed by atoms with Crippen LogP contribution in [0.3, 0.4) is 0 Å². The fourth-order valence-electron chi connectivity index (χ4n) is 2.07. The van der Waals surface area contributed by atoms with Gasteiger partial charge in [0, 0.05) is 16.7 Å². The summed E-state index contributed by atoms with van der Waals surface area (Å²) >= 11 is 1.99. The number of nitrogens with one attached hydrogen (secondary N) is 1. The van der Waals surface area contributed by atoms with Gasteiger partial charge in [-0.1, -0.05) is 39.8 Å². The van der Waals surface area contributed by atoms with E-state index in [0.717, 1.165) is 0 Å². The molecule has 1 aliphatic rings. The first-order chi connectivity index (χ1) is 7.59. The Morgan fingerprint density at radius 1 is 1.25 bits per heavy atom. The topological polar surface area (TPSA) is 12.0 Å².